The summed E-state index contributed by atoms with van der Waals surface area (Å²) in [5, 5.41) is 10.1. The number of ketones is 1. The van der Waals surface area contributed by atoms with Crippen LogP contribution < -0.4 is 0 Å². The quantitative estimate of drug-likeness (QED) is 0.562. The first-order valence-corrected chi connectivity index (χ1v) is 12.6. The van der Waals surface area contributed by atoms with E-state index in [9.17, 15) is 9.90 Å². The number of rotatable bonds is 4. The summed E-state index contributed by atoms with van der Waals surface area (Å²) >= 11 is 0. The van der Waals surface area contributed by atoms with Crippen LogP contribution in [0.1, 0.15) is 112 Å². The molecule has 0 aromatic rings. The summed E-state index contributed by atoms with van der Waals surface area (Å²) in [5.74, 6) is 3.79. The van der Waals surface area contributed by atoms with Crippen LogP contribution in [0.2, 0.25) is 0 Å². The Morgan fingerprint density at radius 2 is 1.72 bits per heavy atom. The molecule has 7 atom stereocenters. The molecule has 2 nitrogen and oxygen atoms in total. The van der Waals surface area contributed by atoms with Gasteiger partial charge in [-0.2, -0.15) is 0 Å². The summed E-state index contributed by atoms with van der Waals surface area (Å²) in [6.07, 6.45) is 13.1. The predicted molar refractivity (Wildman–Crippen MR) is 120 cm³/mol. The normalized spacial score (nSPS) is 46.7. The maximum Gasteiger partial charge on any atom is 0.137 e. The van der Waals surface area contributed by atoms with Gasteiger partial charge in [0, 0.05) is 12.3 Å². The Morgan fingerprint density at radius 3 is 2.41 bits per heavy atom. The van der Waals surface area contributed by atoms with Crippen molar-refractivity contribution in [2.75, 3.05) is 0 Å². The van der Waals surface area contributed by atoms with E-state index in [1.165, 1.54) is 51.4 Å². The van der Waals surface area contributed by atoms with E-state index in [-0.39, 0.29) is 10.8 Å². The minimum Gasteiger partial charge on any atom is -0.390 e. The summed E-state index contributed by atoms with van der Waals surface area (Å²) < 4.78 is 0. The highest BCUT2D eigenvalue weighted by Crippen LogP contribution is 2.68. The minimum atomic E-state index is -0.561. The van der Waals surface area contributed by atoms with Gasteiger partial charge in [0.25, 0.3) is 0 Å². The Hall–Kier alpha value is -0.370. The minimum absolute atomic E-state index is 0.217. The van der Waals surface area contributed by atoms with Gasteiger partial charge < -0.3 is 5.11 Å². The molecular weight excluding hydrogens is 356 g/mol. The van der Waals surface area contributed by atoms with Crippen molar-refractivity contribution in [1.29, 1.82) is 0 Å². The SMILES string of the molecule is CC(C)(O)CCCC1CCC2C3CCC4CC(C)(C)CCC4(C)C3C(=O)CC12C. The summed E-state index contributed by atoms with van der Waals surface area (Å²) in [6, 6.07) is 0. The van der Waals surface area contributed by atoms with Crippen molar-refractivity contribution in [3.63, 3.8) is 0 Å². The Morgan fingerprint density at radius 1 is 1.00 bits per heavy atom. The molecule has 0 heterocycles. The first-order chi connectivity index (χ1) is 13.4. The zero-order chi connectivity index (χ0) is 21.2. The molecule has 0 saturated heterocycles. The second kappa shape index (κ2) is 7.07. The number of fused-ring (bicyclic) bond motifs is 5. The van der Waals surface area contributed by atoms with E-state index in [2.05, 4.69) is 27.7 Å². The smallest absolute Gasteiger partial charge is 0.137 e. The molecule has 0 radical (unpaired) electrons. The van der Waals surface area contributed by atoms with Gasteiger partial charge in [-0.25, -0.2) is 0 Å². The fraction of sp³-hybridized carbons (Fsp3) is 0.963. The van der Waals surface area contributed by atoms with Crippen LogP contribution in [0.3, 0.4) is 0 Å². The average Bonchev–Trinajstić information content (AvgIpc) is 2.90. The molecule has 0 aromatic heterocycles. The lowest BCUT2D eigenvalue weighted by Crippen LogP contribution is -2.57. The standard InChI is InChI=1S/C27H46O2/c1-24(2)14-15-26(5)19(16-24)9-11-20-21-12-10-18(8-7-13-25(3,4)29)27(21,6)17-22(28)23(20)26/h18-21,23,29H,7-17H2,1-6H3. The Bertz CT molecular complexity index is 643. The van der Waals surface area contributed by atoms with E-state index in [0.29, 0.717) is 29.0 Å². The fourth-order valence-corrected chi connectivity index (χ4v) is 8.81. The topological polar surface area (TPSA) is 37.3 Å². The van der Waals surface area contributed by atoms with Gasteiger partial charge in [0.2, 0.25) is 0 Å². The third-order valence-corrected chi connectivity index (χ3v) is 10.4. The Balaban J connectivity index is 1.52. The van der Waals surface area contributed by atoms with Crippen molar-refractivity contribution >= 4 is 5.78 Å². The van der Waals surface area contributed by atoms with Crippen molar-refractivity contribution in [2.24, 2.45) is 45.8 Å². The van der Waals surface area contributed by atoms with Crippen LogP contribution in [0.25, 0.3) is 0 Å². The molecule has 4 saturated carbocycles. The average molecular weight is 403 g/mol. The third kappa shape index (κ3) is 3.74. The maximum atomic E-state index is 13.7. The molecule has 0 bridgehead atoms. The highest BCUT2D eigenvalue weighted by atomic mass is 16.3. The second-order valence-corrected chi connectivity index (χ2v) is 13.5. The number of hydrogen-bond donors (Lipinski definition) is 1. The van der Waals surface area contributed by atoms with E-state index in [1.54, 1.807) is 0 Å². The largest absolute Gasteiger partial charge is 0.390 e. The van der Waals surface area contributed by atoms with Crippen LogP contribution >= 0.6 is 0 Å². The molecule has 0 spiro atoms. The molecule has 0 aromatic carbocycles. The lowest BCUT2D eigenvalue weighted by Gasteiger charge is -2.61. The van der Waals surface area contributed by atoms with Crippen molar-refractivity contribution in [3.8, 4) is 0 Å². The van der Waals surface area contributed by atoms with Gasteiger partial charge in [-0.15, -0.1) is 0 Å². The van der Waals surface area contributed by atoms with Gasteiger partial charge in [0.1, 0.15) is 5.78 Å². The second-order valence-electron chi connectivity index (χ2n) is 13.5. The molecule has 4 rings (SSSR count). The first kappa shape index (κ1) is 21.8. The van der Waals surface area contributed by atoms with Crippen LogP contribution in [-0.4, -0.2) is 16.5 Å². The van der Waals surface area contributed by atoms with E-state index in [4.69, 9.17) is 0 Å². The molecule has 4 aliphatic rings. The summed E-state index contributed by atoms with van der Waals surface area (Å²) in [6.45, 7) is 13.7. The number of aliphatic hydroxyl groups is 1. The molecule has 7 unspecified atom stereocenters. The first-order valence-electron chi connectivity index (χ1n) is 12.6. The molecule has 4 aliphatic carbocycles. The van der Waals surface area contributed by atoms with Gasteiger partial charge in [0.05, 0.1) is 5.60 Å². The van der Waals surface area contributed by atoms with E-state index in [1.807, 2.05) is 13.8 Å². The highest BCUT2D eigenvalue weighted by Gasteiger charge is 2.63. The zero-order valence-electron chi connectivity index (χ0n) is 20.0. The van der Waals surface area contributed by atoms with Gasteiger partial charge in [-0.05, 0) is 112 Å². The van der Waals surface area contributed by atoms with Crippen LogP contribution in [0, 0.1) is 45.8 Å². The lowest BCUT2D eigenvalue weighted by atomic mass is 9.43. The summed E-state index contributed by atoms with van der Waals surface area (Å²) in [5.41, 5.74) is 0.376. The molecule has 4 fully saturated rings. The molecule has 1 N–H and O–H groups in total. The van der Waals surface area contributed by atoms with Crippen LogP contribution in [0.5, 0.6) is 0 Å². The summed E-state index contributed by atoms with van der Waals surface area (Å²) in [7, 11) is 0. The van der Waals surface area contributed by atoms with E-state index in [0.717, 1.165) is 31.1 Å². The Kier molecular flexibility index (Phi) is 5.33. The predicted octanol–water partition coefficient (Wildman–Crippen LogP) is 6.79. The van der Waals surface area contributed by atoms with Crippen molar-refractivity contribution < 1.29 is 9.90 Å². The number of Topliss-reactive ketones (excluding diaryl/α,β-unsaturated/α-hetero) is 1. The van der Waals surface area contributed by atoms with Crippen molar-refractivity contribution in [3.05, 3.63) is 0 Å². The lowest BCUT2D eigenvalue weighted by molar-refractivity contribution is -0.161. The van der Waals surface area contributed by atoms with E-state index >= 15 is 0 Å². The Labute approximate surface area is 179 Å². The molecule has 29 heavy (non-hydrogen) atoms. The van der Waals surface area contributed by atoms with Crippen LogP contribution in [0.15, 0.2) is 0 Å². The zero-order valence-corrected chi connectivity index (χ0v) is 20.0. The monoisotopic (exact) mass is 402 g/mol. The van der Waals surface area contributed by atoms with Gasteiger partial charge in [-0.3, -0.25) is 4.79 Å². The molecule has 2 heteroatoms. The summed E-state index contributed by atoms with van der Waals surface area (Å²) in [4.78, 5) is 13.7. The fourth-order valence-electron chi connectivity index (χ4n) is 8.81. The van der Waals surface area contributed by atoms with Gasteiger partial charge in [-0.1, -0.05) is 34.1 Å². The molecule has 0 amide bonds. The van der Waals surface area contributed by atoms with Gasteiger partial charge in [0.15, 0.2) is 0 Å². The molecule has 166 valence electrons. The van der Waals surface area contributed by atoms with Crippen molar-refractivity contribution in [1.82, 2.24) is 0 Å². The highest BCUT2D eigenvalue weighted by molar-refractivity contribution is 5.84. The maximum absolute atomic E-state index is 13.7. The number of carbonyl (C=O) groups excluding carboxylic acids is 1. The third-order valence-electron chi connectivity index (χ3n) is 10.4. The number of carbonyl (C=O) groups is 1. The van der Waals surface area contributed by atoms with E-state index < -0.39 is 5.60 Å². The van der Waals surface area contributed by atoms with Crippen LogP contribution in [-0.2, 0) is 4.79 Å². The molecular formula is C27H46O2. The van der Waals surface area contributed by atoms with Crippen molar-refractivity contribution in [2.45, 2.75) is 118 Å². The number of hydrogen-bond acceptors (Lipinski definition) is 2. The van der Waals surface area contributed by atoms with Crippen LogP contribution in [0.4, 0.5) is 0 Å². The molecule has 0 aliphatic heterocycles. The van der Waals surface area contributed by atoms with Gasteiger partial charge >= 0.3 is 0 Å².